The van der Waals surface area contributed by atoms with Crippen LogP contribution < -0.4 is 0 Å². The standard InChI is InChI=1S/C13H26O/c1-5-9-10-11-14-13(8-4)12(6-2)7-3/h6,12-13H,2,5,7-11H2,1,3-4H3. The molecule has 0 bridgehead atoms. The summed E-state index contributed by atoms with van der Waals surface area (Å²) in [5.41, 5.74) is 0. The van der Waals surface area contributed by atoms with Gasteiger partial charge in [0, 0.05) is 12.5 Å². The third-order valence-corrected chi connectivity index (χ3v) is 2.73. The van der Waals surface area contributed by atoms with Gasteiger partial charge in [-0.05, 0) is 19.3 Å². The Morgan fingerprint density at radius 1 is 1.14 bits per heavy atom. The molecule has 14 heavy (non-hydrogen) atoms. The minimum Gasteiger partial charge on any atom is -0.378 e. The summed E-state index contributed by atoms with van der Waals surface area (Å²) in [6.45, 7) is 11.4. The van der Waals surface area contributed by atoms with Crippen molar-refractivity contribution in [1.82, 2.24) is 0 Å². The van der Waals surface area contributed by atoms with E-state index < -0.39 is 0 Å². The summed E-state index contributed by atoms with van der Waals surface area (Å²) in [6.07, 6.45) is 8.38. The maximum atomic E-state index is 5.87. The van der Waals surface area contributed by atoms with E-state index in [1.807, 2.05) is 6.08 Å². The first-order valence-corrected chi connectivity index (χ1v) is 6.04. The molecule has 0 aliphatic carbocycles. The fourth-order valence-electron chi connectivity index (χ4n) is 1.71. The highest BCUT2D eigenvalue weighted by Crippen LogP contribution is 2.17. The first-order valence-electron chi connectivity index (χ1n) is 6.04. The molecule has 0 radical (unpaired) electrons. The van der Waals surface area contributed by atoms with Crippen molar-refractivity contribution in [2.45, 2.75) is 59.0 Å². The minimum absolute atomic E-state index is 0.384. The molecule has 0 saturated carbocycles. The zero-order valence-corrected chi connectivity index (χ0v) is 10.1. The molecule has 2 atom stereocenters. The highest BCUT2D eigenvalue weighted by molar-refractivity contribution is 4.83. The lowest BCUT2D eigenvalue weighted by Gasteiger charge is -2.22. The lowest BCUT2D eigenvalue weighted by molar-refractivity contribution is 0.0201. The van der Waals surface area contributed by atoms with Crippen LogP contribution in [0.1, 0.15) is 52.9 Å². The van der Waals surface area contributed by atoms with E-state index in [1.165, 1.54) is 19.3 Å². The van der Waals surface area contributed by atoms with Gasteiger partial charge in [-0.2, -0.15) is 0 Å². The maximum Gasteiger partial charge on any atom is 0.0634 e. The smallest absolute Gasteiger partial charge is 0.0634 e. The van der Waals surface area contributed by atoms with Gasteiger partial charge in [0.05, 0.1) is 6.10 Å². The Morgan fingerprint density at radius 3 is 2.29 bits per heavy atom. The molecule has 0 heterocycles. The SMILES string of the molecule is C=CC(CC)C(CC)OCCCCC. The molecule has 1 nitrogen and oxygen atoms in total. The zero-order chi connectivity index (χ0) is 10.8. The van der Waals surface area contributed by atoms with Crippen molar-refractivity contribution in [2.24, 2.45) is 5.92 Å². The van der Waals surface area contributed by atoms with Crippen LogP contribution in [-0.2, 0) is 4.74 Å². The Balaban J connectivity index is 3.71. The van der Waals surface area contributed by atoms with Gasteiger partial charge in [0.25, 0.3) is 0 Å². The zero-order valence-electron chi connectivity index (χ0n) is 10.1. The van der Waals surface area contributed by atoms with Crippen LogP contribution in [-0.4, -0.2) is 12.7 Å². The van der Waals surface area contributed by atoms with E-state index in [0.717, 1.165) is 19.4 Å². The molecule has 84 valence electrons. The second-order valence-corrected chi connectivity index (χ2v) is 3.83. The molecular formula is C13H26O. The van der Waals surface area contributed by atoms with Crippen LogP contribution in [0.25, 0.3) is 0 Å². The fraction of sp³-hybridized carbons (Fsp3) is 0.846. The molecule has 0 aromatic rings. The third-order valence-electron chi connectivity index (χ3n) is 2.73. The number of hydrogen-bond acceptors (Lipinski definition) is 1. The monoisotopic (exact) mass is 198 g/mol. The average Bonchev–Trinajstić information content (AvgIpc) is 2.23. The van der Waals surface area contributed by atoms with Gasteiger partial charge in [0.2, 0.25) is 0 Å². The highest BCUT2D eigenvalue weighted by atomic mass is 16.5. The quantitative estimate of drug-likeness (QED) is 0.399. The van der Waals surface area contributed by atoms with Gasteiger partial charge in [-0.25, -0.2) is 0 Å². The molecular weight excluding hydrogens is 172 g/mol. The van der Waals surface area contributed by atoms with Crippen molar-refractivity contribution in [3.05, 3.63) is 12.7 Å². The Bertz CT molecular complexity index is 131. The molecule has 0 N–H and O–H groups in total. The normalized spacial score (nSPS) is 15.1. The molecule has 0 saturated heterocycles. The molecule has 0 amide bonds. The van der Waals surface area contributed by atoms with Crippen molar-refractivity contribution in [3.8, 4) is 0 Å². The minimum atomic E-state index is 0.384. The molecule has 1 heteroatoms. The summed E-state index contributed by atoms with van der Waals surface area (Å²) in [6, 6.07) is 0. The summed E-state index contributed by atoms with van der Waals surface area (Å²) in [4.78, 5) is 0. The van der Waals surface area contributed by atoms with Crippen LogP contribution in [0.5, 0.6) is 0 Å². The van der Waals surface area contributed by atoms with Crippen molar-refractivity contribution >= 4 is 0 Å². The fourth-order valence-corrected chi connectivity index (χ4v) is 1.71. The highest BCUT2D eigenvalue weighted by Gasteiger charge is 2.14. The van der Waals surface area contributed by atoms with E-state index in [9.17, 15) is 0 Å². The molecule has 0 spiro atoms. The molecule has 0 aliphatic rings. The van der Waals surface area contributed by atoms with E-state index in [0.29, 0.717) is 12.0 Å². The first-order chi connectivity index (χ1) is 6.79. The Labute approximate surface area is 89.5 Å². The van der Waals surface area contributed by atoms with Crippen LogP contribution in [0.3, 0.4) is 0 Å². The van der Waals surface area contributed by atoms with Gasteiger partial charge >= 0.3 is 0 Å². The Morgan fingerprint density at radius 2 is 1.86 bits per heavy atom. The molecule has 0 fully saturated rings. The van der Waals surface area contributed by atoms with Crippen LogP contribution in [0.4, 0.5) is 0 Å². The number of unbranched alkanes of at least 4 members (excludes halogenated alkanes) is 2. The van der Waals surface area contributed by atoms with Crippen LogP contribution in [0, 0.1) is 5.92 Å². The van der Waals surface area contributed by atoms with E-state index in [1.54, 1.807) is 0 Å². The van der Waals surface area contributed by atoms with Gasteiger partial charge in [-0.3, -0.25) is 0 Å². The number of ether oxygens (including phenoxy) is 1. The largest absolute Gasteiger partial charge is 0.378 e. The summed E-state index contributed by atoms with van der Waals surface area (Å²) < 4.78 is 5.87. The lowest BCUT2D eigenvalue weighted by atomic mass is 9.97. The summed E-state index contributed by atoms with van der Waals surface area (Å²) in [5, 5.41) is 0. The third kappa shape index (κ3) is 5.43. The lowest BCUT2D eigenvalue weighted by Crippen LogP contribution is -2.21. The van der Waals surface area contributed by atoms with Crippen LogP contribution >= 0.6 is 0 Å². The molecule has 2 unspecified atom stereocenters. The van der Waals surface area contributed by atoms with E-state index in [2.05, 4.69) is 27.4 Å². The van der Waals surface area contributed by atoms with Crippen molar-refractivity contribution in [1.29, 1.82) is 0 Å². The van der Waals surface area contributed by atoms with Crippen molar-refractivity contribution in [3.63, 3.8) is 0 Å². The average molecular weight is 198 g/mol. The van der Waals surface area contributed by atoms with E-state index >= 15 is 0 Å². The molecule has 0 aromatic heterocycles. The molecule has 0 aromatic carbocycles. The second kappa shape index (κ2) is 9.26. The number of rotatable bonds is 9. The topological polar surface area (TPSA) is 9.23 Å². The van der Waals surface area contributed by atoms with Crippen LogP contribution in [0.15, 0.2) is 12.7 Å². The summed E-state index contributed by atoms with van der Waals surface area (Å²) >= 11 is 0. The maximum absolute atomic E-state index is 5.87. The Kier molecular flexibility index (Phi) is 9.06. The van der Waals surface area contributed by atoms with E-state index in [4.69, 9.17) is 4.74 Å². The van der Waals surface area contributed by atoms with Crippen molar-refractivity contribution in [2.75, 3.05) is 6.61 Å². The van der Waals surface area contributed by atoms with Gasteiger partial charge < -0.3 is 4.74 Å². The number of hydrogen-bond donors (Lipinski definition) is 0. The predicted molar refractivity (Wildman–Crippen MR) is 63.5 cm³/mol. The molecule has 0 aliphatic heterocycles. The summed E-state index contributed by atoms with van der Waals surface area (Å²) in [7, 11) is 0. The van der Waals surface area contributed by atoms with Crippen molar-refractivity contribution < 1.29 is 4.74 Å². The Hall–Kier alpha value is -0.300. The van der Waals surface area contributed by atoms with Crippen LogP contribution in [0.2, 0.25) is 0 Å². The first kappa shape index (κ1) is 13.7. The summed E-state index contributed by atoms with van der Waals surface area (Å²) in [5.74, 6) is 0.529. The van der Waals surface area contributed by atoms with Gasteiger partial charge in [0.15, 0.2) is 0 Å². The van der Waals surface area contributed by atoms with E-state index in [-0.39, 0.29) is 0 Å². The molecule has 0 rings (SSSR count). The van der Waals surface area contributed by atoms with Gasteiger partial charge in [-0.15, -0.1) is 6.58 Å². The second-order valence-electron chi connectivity index (χ2n) is 3.83. The van der Waals surface area contributed by atoms with Gasteiger partial charge in [-0.1, -0.05) is 39.7 Å². The van der Waals surface area contributed by atoms with Gasteiger partial charge in [0.1, 0.15) is 0 Å². The predicted octanol–water partition coefficient (Wildman–Crippen LogP) is 4.18.